The number of nitrogens with one attached hydrogen (secondary N) is 1. The number of hydrogen-bond acceptors (Lipinski definition) is 4. The fourth-order valence-corrected chi connectivity index (χ4v) is 2.43. The summed E-state index contributed by atoms with van der Waals surface area (Å²) >= 11 is 0. The van der Waals surface area contributed by atoms with Crippen molar-refractivity contribution in [3.05, 3.63) is 0 Å². The Morgan fingerprint density at radius 3 is 2.53 bits per heavy atom. The predicted molar refractivity (Wildman–Crippen MR) is 72.7 cm³/mol. The Hall–Kier alpha value is -1.14. The third-order valence-electron chi connectivity index (χ3n) is 3.91. The summed E-state index contributed by atoms with van der Waals surface area (Å²) in [5, 5.41) is 3.22. The Balaban J connectivity index is 1.95. The van der Waals surface area contributed by atoms with Gasteiger partial charge in [0.2, 0.25) is 11.8 Å². The van der Waals surface area contributed by atoms with Crippen LogP contribution in [0.25, 0.3) is 0 Å². The molecule has 2 amide bonds. The van der Waals surface area contributed by atoms with E-state index in [1.807, 2.05) is 16.8 Å². The first kappa shape index (κ1) is 14.3. The van der Waals surface area contributed by atoms with Crippen LogP contribution in [0.2, 0.25) is 0 Å². The van der Waals surface area contributed by atoms with E-state index in [0.29, 0.717) is 19.1 Å². The Kier molecular flexibility index (Phi) is 4.42. The van der Waals surface area contributed by atoms with Crippen LogP contribution in [0.3, 0.4) is 0 Å². The summed E-state index contributed by atoms with van der Waals surface area (Å²) in [6.07, 6.45) is 2.23. The topological polar surface area (TPSA) is 55.9 Å². The van der Waals surface area contributed by atoms with Crippen molar-refractivity contribution < 1.29 is 9.59 Å². The van der Waals surface area contributed by atoms with E-state index in [1.54, 1.807) is 19.0 Å². The molecular weight excluding hydrogens is 244 g/mol. The second-order valence-corrected chi connectivity index (χ2v) is 5.66. The average molecular weight is 268 g/mol. The molecule has 1 saturated carbocycles. The van der Waals surface area contributed by atoms with Gasteiger partial charge in [-0.05, 0) is 12.8 Å². The third-order valence-corrected chi connectivity index (χ3v) is 3.91. The van der Waals surface area contributed by atoms with Crippen molar-refractivity contribution in [3.63, 3.8) is 0 Å². The fraction of sp³-hybridized carbons (Fsp3) is 0.846. The zero-order valence-corrected chi connectivity index (χ0v) is 12.1. The van der Waals surface area contributed by atoms with Gasteiger partial charge < -0.3 is 15.1 Å². The van der Waals surface area contributed by atoms with Crippen LogP contribution < -0.4 is 5.32 Å². The van der Waals surface area contributed by atoms with Gasteiger partial charge in [0.1, 0.15) is 6.04 Å². The summed E-state index contributed by atoms with van der Waals surface area (Å²) in [5.41, 5.74) is 0. The number of amides is 2. The number of piperazine rings is 1. The van der Waals surface area contributed by atoms with Crippen molar-refractivity contribution in [2.75, 3.05) is 47.3 Å². The number of rotatable bonds is 4. The van der Waals surface area contributed by atoms with Crippen LogP contribution in [0.4, 0.5) is 0 Å². The number of carbonyl (C=O) groups excluding carboxylic acids is 2. The molecule has 1 unspecified atom stereocenters. The third kappa shape index (κ3) is 3.45. The molecular formula is C13H24N4O2. The highest BCUT2D eigenvalue weighted by atomic mass is 16.2. The molecule has 1 N–H and O–H groups in total. The van der Waals surface area contributed by atoms with Gasteiger partial charge in [-0.15, -0.1) is 0 Å². The van der Waals surface area contributed by atoms with Crippen molar-refractivity contribution in [3.8, 4) is 0 Å². The first-order valence-corrected chi connectivity index (χ1v) is 6.92. The molecule has 2 aliphatic rings. The van der Waals surface area contributed by atoms with Gasteiger partial charge >= 0.3 is 0 Å². The molecule has 6 heteroatoms. The Labute approximate surface area is 114 Å². The summed E-state index contributed by atoms with van der Waals surface area (Å²) < 4.78 is 0. The molecule has 2 rings (SSSR count). The van der Waals surface area contributed by atoms with Crippen LogP contribution in [-0.4, -0.2) is 85.9 Å². The SMILES string of the molecule is CN(C)C(=O)C1CNCCN1CC(=O)N(C)C1CC1. The Morgan fingerprint density at radius 1 is 1.26 bits per heavy atom. The van der Waals surface area contributed by atoms with E-state index in [0.717, 1.165) is 25.9 Å². The van der Waals surface area contributed by atoms with Gasteiger partial charge in [-0.25, -0.2) is 0 Å². The van der Waals surface area contributed by atoms with Gasteiger partial charge in [-0.1, -0.05) is 0 Å². The highest BCUT2D eigenvalue weighted by molar-refractivity contribution is 5.84. The largest absolute Gasteiger partial charge is 0.347 e. The molecule has 1 atom stereocenters. The molecule has 1 heterocycles. The van der Waals surface area contributed by atoms with Crippen LogP contribution >= 0.6 is 0 Å². The molecule has 1 aliphatic heterocycles. The lowest BCUT2D eigenvalue weighted by atomic mass is 10.1. The molecule has 0 aromatic rings. The normalized spacial score (nSPS) is 24.1. The van der Waals surface area contributed by atoms with E-state index in [-0.39, 0.29) is 17.9 Å². The van der Waals surface area contributed by atoms with Gasteiger partial charge in [0.15, 0.2) is 0 Å². The van der Waals surface area contributed by atoms with E-state index < -0.39 is 0 Å². The zero-order valence-electron chi connectivity index (χ0n) is 12.1. The van der Waals surface area contributed by atoms with Crippen LogP contribution in [0, 0.1) is 0 Å². The Morgan fingerprint density at radius 2 is 1.95 bits per heavy atom. The van der Waals surface area contributed by atoms with Crippen LogP contribution in [-0.2, 0) is 9.59 Å². The smallest absolute Gasteiger partial charge is 0.240 e. The number of likely N-dealkylation sites (N-methyl/N-ethyl adjacent to an activating group) is 2. The second-order valence-electron chi connectivity index (χ2n) is 5.66. The highest BCUT2D eigenvalue weighted by Crippen LogP contribution is 2.25. The first-order chi connectivity index (χ1) is 9.00. The molecule has 0 bridgehead atoms. The van der Waals surface area contributed by atoms with E-state index >= 15 is 0 Å². The number of carbonyl (C=O) groups is 2. The molecule has 108 valence electrons. The van der Waals surface area contributed by atoms with Crippen molar-refractivity contribution in [1.82, 2.24) is 20.0 Å². The number of nitrogens with zero attached hydrogens (tertiary/aromatic N) is 3. The first-order valence-electron chi connectivity index (χ1n) is 6.92. The monoisotopic (exact) mass is 268 g/mol. The molecule has 1 saturated heterocycles. The van der Waals surface area contributed by atoms with E-state index in [4.69, 9.17) is 0 Å². The van der Waals surface area contributed by atoms with Gasteiger partial charge in [0.05, 0.1) is 6.54 Å². The van der Waals surface area contributed by atoms with Crippen molar-refractivity contribution in [2.24, 2.45) is 0 Å². The minimum atomic E-state index is -0.222. The molecule has 0 spiro atoms. The molecule has 6 nitrogen and oxygen atoms in total. The molecule has 1 aliphatic carbocycles. The summed E-state index contributed by atoms with van der Waals surface area (Å²) in [4.78, 5) is 29.7. The highest BCUT2D eigenvalue weighted by Gasteiger charge is 2.34. The van der Waals surface area contributed by atoms with Crippen LogP contribution in [0.15, 0.2) is 0 Å². The predicted octanol–water partition coefficient (Wildman–Crippen LogP) is -1.03. The molecule has 19 heavy (non-hydrogen) atoms. The minimum Gasteiger partial charge on any atom is -0.347 e. The van der Waals surface area contributed by atoms with Gasteiger partial charge in [0, 0.05) is 46.8 Å². The lowest BCUT2D eigenvalue weighted by molar-refractivity contribution is -0.138. The van der Waals surface area contributed by atoms with Crippen LogP contribution in [0.5, 0.6) is 0 Å². The number of hydrogen-bond donors (Lipinski definition) is 1. The Bertz CT molecular complexity index is 355. The van der Waals surface area contributed by atoms with E-state index in [9.17, 15) is 9.59 Å². The van der Waals surface area contributed by atoms with Gasteiger partial charge in [-0.2, -0.15) is 0 Å². The van der Waals surface area contributed by atoms with Crippen LogP contribution in [0.1, 0.15) is 12.8 Å². The molecule has 0 aromatic carbocycles. The minimum absolute atomic E-state index is 0.0640. The second kappa shape index (κ2) is 5.88. The average Bonchev–Trinajstić information content (AvgIpc) is 3.21. The van der Waals surface area contributed by atoms with E-state index in [2.05, 4.69) is 5.32 Å². The standard InChI is InChI=1S/C13H24N4O2/c1-15(2)13(19)11-8-14-6-7-17(11)9-12(18)16(3)10-4-5-10/h10-11,14H,4-9H2,1-3H3. The lowest BCUT2D eigenvalue weighted by Crippen LogP contribution is -2.59. The summed E-state index contributed by atoms with van der Waals surface area (Å²) in [7, 11) is 5.38. The van der Waals surface area contributed by atoms with E-state index in [1.165, 1.54) is 0 Å². The molecule has 2 fully saturated rings. The quantitative estimate of drug-likeness (QED) is 0.708. The van der Waals surface area contributed by atoms with Crippen molar-refractivity contribution >= 4 is 11.8 Å². The van der Waals surface area contributed by atoms with Crippen molar-refractivity contribution in [1.29, 1.82) is 0 Å². The maximum atomic E-state index is 12.2. The summed E-state index contributed by atoms with van der Waals surface area (Å²) in [6.45, 7) is 2.54. The van der Waals surface area contributed by atoms with Crippen molar-refractivity contribution in [2.45, 2.75) is 24.9 Å². The van der Waals surface area contributed by atoms with Gasteiger partial charge in [-0.3, -0.25) is 14.5 Å². The molecule has 0 aromatic heterocycles. The maximum Gasteiger partial charge on any atom is 0.240 e. The lowest BCUT2D eigenvalue weighted by Gasteiger charge is -2.36. The fourth-order valence-electron chi connectivity index (χ4n) is 2.43. The summed E-state index contributed by atoms with van der Waals surface area (Å²) in [6, 6.07) is 0.207. The summed E-state index contributed by atoms with van der Waals surface area (Å²) in [5.74, 6) is 0.190. The zero-order chi connectivity index (χ0) is 14.0. The molecule has 0 radical (unpaired) electrons. The van der Waals surface area contributed by atoms with Gasteiger partial charge in [0.25, 0.3) is 0 Å². The maximum absolute atomic E-state index is 12.2.